The molecule has 28 heavy (non-hydrogen) atoms. The molecule has 0 radical (unpaired) electrons. The van der Waals surface area contributed by atoms with Crippen LogP contribution in [0.25, 0.3) is 0 Å². The fourth-order valence-electron chi connectivity index (χ4n) is 3.23. The average molecular weight is 389 g/mol. The van der Waals surface area contributed by atoms with E-state index in [1.807, 2.05) is 19.1 Å². The molecule has 0 saturated heterocycles. The number of carboxylic acid groups (broad SMARTS) is 1. The zero-order chi connectivity index (χ0) is 20.1. The van der Waals surface area contributed by atoms with Crippen molar-refractivity contribution in [2.75, 3.05) is 6.54 Å². The molecule has 2 aromatic rings. The molecule has 10 nitrogen and oxygen atoms in total. The number of carboxylic acids is 1. The molecule has 0 bridgehead atoms. The second-order valence-electron chi connectivity index (χ2n) is 6.99. The number of amides is 1. The van der Waals surface area contributed by atoms with Gasteiger partial charge in [0.05, 0.1) is 11.3 Å². The molecule has 0 unspecified atom stereocenters. The van der Waals surface area contributed by atoms with Crippen LogP contribution in [0.4, 0.5) is 0 Å². The third kappa shape index (κ3) is 4.83. The molecule has 2 heterocycles. The van der Waals surface area contributed by atoms with Crippen molar-refractivity contribution in [2.24, 2.45) is 5.92 Å². The van der Waals surface area contributed by atoms with E-state index >= 15 is 0 Å². The number of aromatic carboxylic acids is 1. The van der Waals surface area contributed by atoms with Crippen LogP contribution in [0.1, 0.15) is 48.3 Å². The summed E-state index contributed by atoms with van der Waals surface area (Å²) in [5.74, 6) is -1.18. The fraction of sp³-hybridized carbons (Fsp3) is 0.500. The Morgan fingerprint density at radius 3 is 2.93 bits per heavy atom. The van der Waals surface area contributed by atoms with E-state index in [9.17, 15) is 14.7 Å². The fourth-order valence-corrected chi connectivity index (χ4v) is 3.23. The molecule has 2 aromatic heterocycles. The Labute approximate surface area is 161 Å². The lowest BCUT2D eigenvalue weighted by atomic mass is 9.68. The minimum atomic E-state index is -1.16. The van der Waals surface area contributed by atoms with Crippen LogP contribution in [0.3, 0.4) is 0 Å². The highest BCUT2D eigenvalue weighted by Crippen LogP contribution is 2.40. The standard InChI is InChI=1S/C18H23N5O5/c1-2-3-4-5-19-16(24)12-6-18(27,7-12)8-13-9-23(22-21-13)10-15-20-14(11-28-15)17(25)26/h2-3,9,11-12,27H,4-8,10H2,1H3,(H,19,24)(H,25,26)/b3-2+. The maximum atomic E-state index is 12.0. The number of aliphatic hydroxyl groups is 1. The first-order chi connectivity index (χ1) is 13.4. The van der Waals surface area contributed by atoms with E-state index in [2.05, 4.69) is 20.6 Å². The molecule has 3 N–H and O–H groups in total. The van der Waals surface area contributed by atoms with Crippen LogP contribution in [-0.4, -0.2) is 54.2 Å². The predicted octanol–water partition coefficient (Wildman–Crippen LogP) is 0.779. The Morgan fingerprint density at radius 1 is 1.46 bits per heavy atom. The highest BCUT2D eigenvalue weighted by Gasteiger charge is 2.46. The maximum absolute atomic E-state index is 12.0. The van der Waals surface area contributed by atoms with Gasteiger partial charge in [-0.05, 0) is 26.2 Å². The number of nitrogens with zero attached hydrogens (tertiary/aromatic N) is 4. The van der Waals surface area contributed by atoms with Gasteiger partial charge in [-0.15, -0.1) is 5.10 Å². The molecule has 1 fully saturated rings. The van der Waals surface area contributed by atoms with Gasteiger partial charge >= 0.3 is 5.97 Å². The molecule has 0 atom stereocenters. The van der Waals surface area contributed by atoms with Gasteiger partial charge in [-0.25, -0.2) is 14.5 Å². The van der Waals surface area contributed by atoms with Gasteiger partial charge in [0.25, 0.3) is 0 Å². The van der Waals surface area contributed by atoms with Gasteiger partial charge in [-0.3, -0.25) is 4.79 Å². The Kier molecular flexibility index (Phi) is 5.88. The zero-order valence-corrected chi connectivity index (χ0v) is 15.5. The lowest BCUT2D eigenvalue weighted by Crippen LogP contribution is -2.51. The molecule has 1 aliphatic rings. The first kappa shape index (κ1) is 19.7. The number of hydrogen-bond acceptors (Lipinski definition) is 7. The second kappa shape index (κ2) is 8.34. The summed E-state index contributed by atoms with van der Waals surface area (Å²) in [6.45, 7) is 2.66. The minimum absolute atomic E-state index is 0.0315. The van der Waals surface area contributed by atoms with Crippen molar-refractivity contribution in [1.82, 2.24) is 25.3 Å². The van der Waals surface area contributed by atoms with E-state index in [1.165, 1.54) is 4.68 Å². The van der Waals surface area contributed by atoms with Crippen LogP contribution in [0.2, 0.25) is 0 Å². The molecule has 3 rings (SSSR count). The van der Waals surface area contributed by atoms with Crippen molar-refractivity contribution in [1.29, 1.82) is 0 Å². The monoisotopic (exact) mass is 389 g/mol. The number of oxazole rings is 1. The number of nitrogens with one attached hydrogen (secondary N) is 1. The number of carbonyl (C=O) groups is 2. The third-order valence-corrected chi connectivity index (χ3v) is 4.63. The molecule has 0 aliphatic heterocycles. The number of rotatable bonds is 9. The van der Waals surface area contributed by atoms with E-state index in [0.717, 1.165) is 12.7 Å². The van der Waals surface area contributed by atoms with Gasteiger partial charge in [0.2, 0.25) is 11.8 Å². The van der Waals surface area contributed by atoms with Crippen molar-refractivity contribution in [3.05, 3.63) is 41.9 Å². The molecule has 150 valence electrons. The smallest absolute Gasteiger partial charge is 0.357 e. The van der Waals surface area contributed by atoms with Crippen molar-refractivity contribution < 1.29 is 24.2 Å². The number of hydrogen-bond donors (Lipinski definition) is 3. The van der Waals surface area contributed by atoms with Crippen molar-refractivity contribution in [2.45, 2.75) is 44.8 Å². The van der Waals surface area contributed by atoms with E-state index in [-0.39, 0.29) is 30.0 Å². The largest absolute Gasteiger partial charge is 0.476 e. The molecule has 0 spiro atoms. The normalized spacial score (nSPS) is 21.6. The van der Waals surface area contributed by atoms with Gasteiger partial charge in [-0.2, -0.15) is 0 Å². The first-order valence-corrected chi connectivity index (χ1v) is 9.06. The number of allylic oxidation sites excluding steroid dienone is 1. The van der Waals surface area contributed by atoms with Crippen LogP contribution < -0.4 is 5.32 Å². The Morgan fingerprint density at radius 2 is 2.25 bits per heavy atom. The zero-order valence-electron chi connectivity index (χ0n) is 15.5. The summed E-state index contributed by atoms with van der Waals surface area (Å²) in [7, 11) is 0. The SMILES string of the molecule is C/C=C/CCNC(=O)C1CC(O)(Cc2cn(Cc3nc(C(=O)O)co3)nn2)C1. The molecule has 1 amide bonds. The van der Waals surface area contributed by atoms with Crippen LogP contribution in [0.5, 0.6) is 0 Å². The highest BCUT2D eigenvalue weighted by atomic mass is 16.4. The molecule has 10 heteroatoms. The van der Waals surface area contributed by atoms with E-state index in [4.69, 9.17) is 9.52 Å². The van der Waals surface area contributed by atoms with Gasteiger partial charge in [0, 0.05) is 25.1 Å². The second-order valence-corrected chi connectivity index (χ2v) is 6.99. The Bertz CT molecular complexity index is 865. The summed E-state index contributed by atoms with van der Waals surface area (Å²) in [6, 6.07) is 0. The molecule has 1 saturated carbocycles. The van der Waals surface area contributed by atoms with E-state index in [1.54, 1.807) is 6.20 Å². The van der Waals surface area contributed by atoms with Gasteiger partial charge in [0.1, 0.15) is 12.8 Å². The summed E-state index contributed by atoms with van der Waals surface area (Å²) in [5, 5.41) is 30.3. The van der Waals surface area contributed by atoms with Crippen molar-refractivity contribution >= 4 is 11.9 Å². The van der Waals surface area contributed by atoms with Gasteiger partial charge in [-0.1, -0.05) is 17.4 Å². The lowest BCUT2D eigenvalue weighted by molar-refractivity contribution is -0.141. The van der Waals surface area contributed by atoms with Crippen LogP contribution in [0.15, 0.2) is 29.0 Å². The van der Waals surface area contributed by atoms with Crippen LogP contribution in [0, 0.1) is 5.92 Å². The van der Waals surface area contributed by atoms with Crippen LogP contribution >= 0.6 is 0 Å². The molecular formula is C18H23N5O5. The highest BCUT2D eigenvalue weighted by molar-refractivity contribution is 5.84. The number of aromatic nitrogens is 4. The minimum Gasteiger partial charge on any atom is -0.476 e. The summed E-state index contributed by atoms with van der Waals surface area (Å²) < 4.78 is 6.54. The molecule has 0 aromatic carbocycles. The Balaban J connectivity index is 1.47. The van der Waals surface area contributed by atoms with E-state index in [0.29, 0.717) is 31.5 Å². The van der Waals surface area contributed by atoms with Crippen molar-refractivity contribution in [3.63, 3.8) is 0 Å². The predicted molar refractivity (Wildman–Crippen MR) is 96.4 cm³/mol. The van der Waals surface area contributed by atoms with Gasteiger partial charge in [0.15, 0.2) is 5.69 Å². The number of carbonyl (C=O) groups excluding carboxylic acids is 1. The first-order valence-electron chi connectivity index (χ1n) is 9.06. The summed E-state index contributed by atoms with van der Waals surface area (Å²) in [5.41, 5.74) is -0.556. The average Bonchev–Trinajstić information content (AvgIpc) is 3.26. The maximum Gasteiger partial charge on any atom is 0.357 e. The summed E-state index contributed by atoms with van der Waals surface area (Å²) >= 11 is 0. The van der Waals surface area contributed by atoms with E-state index < -0.39 is 11.6 Å². The van der Waals surface area contributed by atoms with Gasteiger partial charge < -0.3 is 19.9 Å². The lowest BCUT2D eigenvalue weighted by Gasteiger charge is -2.42. The quantitative estimate of drug-likeness (QED) is 0.422. The third-order valence-electron chi connectivity index (χ3n) is 4.63. The van der Waals surface area contributed by atoms with Crippen LogP contribution in [-0.2, 0) is 17.8 Å². The summed E-state index contributed by atoms with van der Waals surface area (Å²) in [4.78, 5) is 26.7. The molecular weight excluding hydrogens is 366 g/mol. The molecule has 1 aliphatic carbocycles. The summed E-state index contributed by atoms with van der Waals surface area (Å²) in [6.07, 6.45) is 8.50. The Hall–Kier alpha value is -3.01. The topological polar surface area (TPSA) is 143 Å². The van der Waals surface area contributed by atoms with Crippen molar-refractivity contribution in [3.8, 4) is 0 Å².